The van der Waals surface area contributed by atoms with Gasteiger partial charge in [0.05, 0.1) is 30.2 Å². The third kappa shape index (κ3) is 6.09. The molecule has 4 heteroatoms. The topological polar surface area (TPSA) is 32.8 Å². The van der Waals surface area contributed by atoms with Crippen molar-refractivity contribution in [3.8, 4) is 22.3 Å². The second-order valence-electron chi connectivity index (χ2n) is 19.6. The van der Waals surface area contributed by atoms with E-state index in [0.29, 0.717) is 44.8 Å². The van der Waals surface area contributed by atoms with Crippen LogP contribution in [0.15, 0.2) is 263 Å². The summed E-state index contributed by atoms with van der Waals surface area (Å²) in [6.45, 7) is 4.54. The first-order valence-corrected chi connectivity index (χ1v) is 24.7. The van der Waals surface area contributed by atoms with Gasteiger partial charge in [-0.3, -0.25) is 0 Å². The Morgan fingerprint density at radius 1 is 0.351 bits per heavy atom. The monoisotopic (exact) mass is 958 g/mol. The zero-order chi connectivity index (χ0) is 57.8. The molecule has 0 N–H and O–H groups in total. The predicted molar refractivity (Wildman–Crippen MR) is 305 cm³/mol. The van der Waals surface area contributed by atoms with Crippen LogP contribution in [-0.2, 0) is 10.8 Å². The van der Waals surface area contributed by atoms with E-state index in [9.17, 15) is 5.48 Å². The molecular formula is C70H48N2O2. The van der Waals surface area contributed by atoms with Gasteiger partial charge in [0, 0.05) is 50.0 Å². The van der Waals surface area contributed by atoms with Gasteiger partial charge in [0.2, 0.25) is 0 Å². The molecule has 0 bridgehead atoms. The van der Waals surface area contributed by atoms with Crippen LogP contribution in [0, 0.1) is 0 Å². The highest BCUT2D eigenvalue weighted by molar-refractivity contribution is 6.14. The highest BCUT2D eigenvalue weighted by atomic mass is 16.3. The molecule has 0 atom stereocenters. The second kappa shape index (κ2) is 16.1. The van der Waals surface area contributed by atoms with Crippen molar-refractivity contribution in [3.63, 3.8) is 0 Å². The van der Waals surface area contributed by atoms with E-state index in [1.165, 1.54) is 16.7 Å². The Labute approximate surface area is 443 Å². The molecule has 0 aliphatic heterocycles. The highest BCUT2D eigenvalue weighted by Gasteiger charge is 2.46. The molecule has 2 aromatic heterocycles. The molecule has 2 heterocycles. The molecule has 0 radical (unpaired) electrons. The number of fused-ring (bicyclic) bond motifs is 12. The fourth-order valence-corrected chi connectivity index (χ4v) is 12.2. The summed E-state index contributed by atoms with van der Waals surface area (Å²) in [6, 6.07) is 58.5. The molecule has 0 amide bonds. The van der Waals surface area contributed by atoms with Gasteiger partial charge in [0.25, 0.3) is 0 Å². The first-order chi connectivity index (χ1) is 40.6. The van der Waals surface area contributed by atoms with Crippen LogP contribution in [0.1, 0.15) is 60.9 Å². The smallest absolute Gasteiger partial charge is 0.137 e. The summed E-state index contributed by atoms with van der Waals surface area (Å²) in [5.74, 6) is 0. The number of furan rings is 2. The van der Waals surface area contributed by atoms with Crippen LogP contribution in [0.2, 0.25) is 0 Å². The summed E-state index contributed by atoms with van der Waals surface area (Å²) in [7, 11) is 0. The van der Waals surface area contributed by atoms with Crippen molar-refractivity contribution in [2.75, 3.05) is 9.80 Å². The number of nitrogens with zero attached hydrogens (tertiary/aromatic N) is 2. The fraction of sp³-hybridized carbons (Fsp3) is 0.0571. The van der Waals surface area contributed by atoms with Gasteiger partial charge in [-0.05, 0) is 141 Å². The average molecular weight is 959 g/mol. The Bertz CT molecular complexity index is 4880. The lowest BCUT2D eigenvalue weighted by atomic mass is 9.67. The predicted octanol–water partition coefficient (Wildman–Crippen LogP) is 19.1. The van der Waals surface area contributed by atoms with Gasteiger partial charge in [-0.15, -0.1) is 0 Å². The maximum absolute atomic E-state index is 9.72. The van der Waals surface area contributed by atoms with Crippen molar-refractivity contribution < 1.29 is 22.5 Å². The summed E-state index contributed by atoms with van der Waals surface area (Å²) in [4.78, 5) is 4.37. The molecule has 74 heavy (non-hydrogen) atoms. The summed E-state index contributed by atoms with van der Waals surface area (Å²) in [5, 5.41) is 3.60. The van der Waals surface area contributed by atoms with E-state index in [1.54, 1.807) is 12.1 Å². The Morgan fingerprint density at radius 2 is 0.865 bits per heavy atom. The SMILES string of the molecule is [2H]c1c([2H])c([2H])c(C2(c3c([2H])c([2H])c([2H])c([2H])c3[2H])c3ccccc3-c3ccc(N(c4cccc(N(c5ccc6c(c5)-c5ccccc5C6(C)C)c5ccc6oc7ccccc7c6c5)c4)c4cccc5oc6ccccc6c45)cc32)c([2H])c1[2H]. The number of rotatable bonds is 8. The lowest BCUT2D eigenvalue weighted by molar-refractivity contribution is 0.660. The van der Waals surface area contributed by atoms with E-state index in [0.717, 1.165) is 61.0 Å². The van der Waals surface area contributed by atoms with Crippen LogP contribution in [0.5, 0.6) is 0 Å². The van der Waals surface area contributed by atoms with Crippen LogP contribution in [-0.4, -0.2) is 0 Å². The largest absolute Gasteiger partial charge is 0.456 e. The Hall–Kier alpha value is -9.38. The normalized spacial score (nSPS) is 15.6. The summed E-state index contributed by atoms with van der Waals surface area (Å²) in [6.07, 6.45) is 0. The first kappa shape index (κ1) is 33.3. The molecule has 13 aromatic rings. The van der Waals surface area contributed by atoms with Crippen LogP contribution in [0.4, 0.5) is 34.1 Å². The van der Waals surface area contributed by atoms with Crippen LogP contribution in [0.3, 0.4) is 0 Å². The Morgan fingerprint density at radius 3 is 1.64 bits per heavy atom. The van der Waals surface area contributed by atoms with E-state index in [2.05, 4.69) is 96.4 Å². The molecule has 0 saturated carbocycles. The molecule has 0 saturated heterocycles. The number of anilines is 6. The molecule has 4 nitrogen and oxygen atoms in total. The summed E-state index contributed by atoms with van der Waals surface area (Å²) < 4.78 is 106. The Kier molecular flexibility index (Phi) is 7.23. The third-order valence-corrected chi connectivity index (χ3v) is 15.4. The van der Waals surface area contributed by atoms with Crippen molar-refractivity contribution in [1.29, 1.82) is 0 Å². The first-order valence-electron chi connectivity index (χ1n) is 29.7. The molecule has 11 aromatic carbocycles. The summed E-state index contributed by atoms with van der Waals surface area (Å²) >= 11 is 0. The van der Waals surface area contributed by atoms with Gasteiger partial charge in [-0.2, -0.15) is 0 Å². The van der Waals surface area contributed by atoms with Gasteiger partial charge < -0.3 is 18.6 Å². The van der Waals surface area contributed by atoms with Crippen molar-refractivity contribution >= 4 is 78.0 Å². The maximum Gasteiger partial charge on any atom is 0.137 e. The van der Waals surface area contributed by atoms with E-state index in [1.807, 2.05) is 109 Å². The molecule has 350 valence electrons. The number of benzene rings is 11. The van der Waals surface area contributed by atoms with Crippen molar-refractivity contribution in [2.45, 2.75) is 24.7 Å². The van der Waals surface area contributed by atoms with E-state index in [4.69, 9.17) is 17.1 Å². The molecule has 0 fully saturated rings. The van der Waals surface area contributed by atoms with Gasteiger partial charge in [-0.1, -0.05) is 183 Å². The minimum absolute atomic E-state index is 0.234. The van der Waals surface area contributed by atoms with Crippen molar-refractivity contribution in [3.05, 3.63) is 288 Å². The quantitative estimate of drug-likeness (QED) is 0.152. The third-order valence-electron chi connectivity index (χ3n) is 15.4. The van der Waals surface area contributed by atoms with Crippen LogP contribution >= 0.6 is 0 Å². The summed E-state index contributed by atoms with van der Waals surface area (Å²) in [5.41, 5.74) is 11.4. The standard InChI is InChI=1S/C70H48N2O2/c1-69(2)59-29-13-9-26-53(59)57-42-49(36-39-60(57)69)71(50-37-40-66-58(43-50)55-27-11-15-32-64(55)73-66)47-23-17-24-48(41-47)72(63-31-18-34-67-68(63)56-28-12-16-33-65(56)74-67)51-35-38-54-52-25-10-14-30-61(52)70(62(54)44-51,45-19-5-3-6-20-45)46-21-7-4-8-22-46/h3-44H,1-2H3/i3D,4D,5D,6D,7D,8D,19D,20D,21D,22D. The molecule has 0 spiro atoms. The van der Waals surface area contributed by atoms with Crippen molar-refractivity contribution in [1.82, 2.24) is 0 Å². The maximum atomic E-state index is 9.72. The van der Waals surface area contributed by atoms with Crippen molar-refractivity contribution in [2.24, 2.45) is 0 Å². The number of para-hydroxylation sites is 2. The highest BCUT2D eigenvalue weighted by Crippen LogP contribution is 2.58. The molecule has 2 aliphatic rings. The number of hydrogen-bond acceptors (Lipinski definition) is 4. The molecular weight excluding hydrogens is 901 g/mol. The average Bonchev–Trinajstić information content (AvgIpc) is 1.53. The Balaban J connectivity index is 1.03. The molecule has 2 aliphatic carbocycles. The number of hydrogen-bond donors (Lipinski definition) is 0. The molecule has 0 unspecified atom stereocenters. The van der Waals surface area contributed by atoms with E-state index < -0.39 is 65.8 Å². The lowest BCUT2D eigenvalue weighted by Gasteiger charge is -2.35. The minimum atomic E-state index is -2.07. The van der Waals surface area contributed by atoms with Gasteiger partial charge in [-0.25, -0.2) is 0 Å². The van der Waals surface area contributed by atoms with Gasteiger partial charge >= 0.3 is 0 Å². The minimum Gasteiger partial charge on any atom is -0.456 e. The van der Waals surface area contributed by atoms with E-state index >= 15 is 0 Å². The fourth-order valence-electron chi connectivity index (χ4n) is 12.2. The van der Waals surface area contributed by atoms with Crippen LogP contribution in [0.25, 0.3) is 66.1 Å². The zero-order valence-electron chi connectivity index (χ0n) is 50.2. The van der Waals surface area contributed by atoms with Crippen LogP contribution < -0.4 is 9.80 Å². The molecule has 15 rings (SSSR count). The second-order valence-corrected chi connectivity index (χ2v) is 19.6. The lowest BCUT2D eigenvalue weighted by Crippen LogP contribution is -2.28. The zero-order valence-corrected chi connectivity index (χ0v) is 40.2. The van der Waals surface area contributed by atoms with E-state index in [-0.39, 0.29) is 16.5 Å². The van der Waals surface area contributed by atoms with Gasteiger partial charge in [0.15, 0.2) is 0 Å². The van der Waals surface area contributed by atoms with Gasteiger partial charge in [0.1, 0.15) is 22.3 Å².